The number of hydrogen-bond acceptors (Lipinski definition) is 3. The van der Waals surface area contributed by atoms with Crippen LogP contribution in [0.15, 0.2) is 36.7 Å². The molecule has 2 rings (SSSR count). The molecule has 2 aromatic heterocycles. The predicted molar refractivity (Wildman–Crippen MR) is 66.8 cm³/mol. The standard InChI is InChI=1S/C12H14N4O/c1-2-16(11-6-5-9(13)8-15-11)12(17)10-4-3-7-14-10/h3-8,14H,2,13H2,1H3. The number of amides is 1. The second-order valence-corrected chi connectivity index (χ2v) is 3.58. The van der Waals surface area contributed by atoms with Gasteiger partial charge in [-0.15, -0.1) is 0 Å². The monoisotopic (exact) mass is 230 g/mol. The molecule has 0 bridgehead atoms. The summed E-state index contributed by atoms with van der Waals surface area (Å²) in [5.74, 6) is 0.496. The summed E-state index contributed by atoms with van der Waals surface area (Å²) in [4.78, 5) is 20.8. The molecule has 0 unspecified atom stereocenters. The minimum absolute atomic E-state index is 0.102. The Morgan fingerprint density at radius 2 is 2.29 bits per heavy atom. The van der Waals surface area contributed by atoms with Crippen molar-refractivity contribution >= 4 is 17.4 Å². The minimum atomic E-state index is -0.102. The van der Waals surface area contributed by atoms with E-state index in [2.05, 4.69) is 9.97 Å². The number of anilines is 2. The summed E-state index contributed by atoms with van der Waals surface area (Å²) in [6.45, 7) is 2.45. The highest BCUT2D eigenvalue weighted by molar-refractivity contribution is 6.04. The molecule has 5 heteroatoms. The molecule has 0 aliphatic rings. The van der Waals surface area contributed by atoms with E-state index in [-0.39, 0.29) is 5.91 Å². The molecule has 0 spiro atoms. The lowest BCUT2D eigenvalue weighted by molar-refractivity contribution is 0.0983. The van der Waals surface area contributed by atoms with Crippen molar-refractivity contribution in [3.8, 4) is 0 Å². The molecule has 0 aromatic carbocycles. The normalized spacial score (nSPS) is 10.2. The summed E-state index contributed by atoms with van der Waals surface area (Å²) < 4.78 is 0. The van der Waals surface area contributed by atoms with Crippen LogP contribution in [0.25, 0.3) is 0 Å². The molecule has 2 heterocycles. The summed E-state index contributed by atoms with van der Waals surface area (Å²) in [6, 6.07) is 6.99. The van der Waals surface area contributed by atoms with Gasteiger partial charge in [-0.05, 0) is 31.2 Å². The Labute approximate surface area is 99.3 Å². The molecule has 0 aliphatic heterocycles. The number of hydrogen-bond donors (Lipinski definition) is 2. The van der Waals surface area contributed by atoms with Gasteiger partial charge in [-0.1, -0.05) is 0 Å². The molecular formula is C12H14N4O. The van der Waals surface area contributed by atoms with Gasteiger partial charge in [-0.2, -0.15) is 0 Å². The smallest absolute Gasteiger partial charge is 0.275 e. The first-order valence-corrected chi connectivity index (χ1v) is 5.39. The number of nitrogens with two attached hydrogens (primary N) is 1. The maximum Gasteiger partial charge on any atom is 0.275 e. The molecule has 5 nitrogen and oxygen atoms in total. The average Bonchev–Trinajstić information content (AvgIpc) is 2.86. The number of nitrogens with zero attached hydrogens (tertiary/aromatic N) is 2. The second kappa shape index (κ2) is 4.69. The zero-order chi connectivity index (χ0) is 12.3. The molecule has 0 saturated carbocycles. The predicted octanol–water partition coefficient (Wildman–Crippen LogP) is 1.66. The van der Waals surface area contributed by atoms with Crippen LogP contribution in [0.1, 0.15) is 17.4 Å². The topological polar surface area (TPSA) is 75.0 Å². The Morgan fingerprint density at radius 1 is 1.47 bits per heavy atom. The number of carbonyl (C=O) groups is 1. The molecule has 3 N–H and O–H groups in total. The van der Waals surface area contributed by atoms with Gasteiger partial charge in [-0.3, -0.25) is 9.69 Å². The fourth-order valence-electron chi connectivity index (χ4n) is 1.58. The van der Waals surface area contributed by atoms with Crippen molar-refractivity contribution in [2.24, 2.45) is 0 Å². The molecule has 17 heavy (non-hydrogen) atoms. The highest BCUT2D eigenvalue weighted by Crippen LogP contribution is 2.14. The average molecular weight is 230 g/mol. The van der Waals surface area contributed by atoms with E-state index in [1.54, 1.807) is 41.6 Å². The van der Waals surface area contributed by atoms with Gasteiger partial charge in [0.25, 0.3) is 5.91 Å². The first-order chi connectivity index (χ1) is 8.22. The van der Waals surface area contributed by atoms with Crippen LogP contribution in [0.4, 0.5) is 11.5 Å². The van der Waals surface area contributed by atoms with Crippen LogP contribution in [-0.4, -0.2) is 22.4 Å². The van der Waals surface area contributed by atoms with Gasteiger partial charge in [0, 0.05) is 12.7 Å². The molecule has 0 radical (unpaired) electrons. The van der Waals surface area contributed by atoms with Crippen molar-refractivity contribution < 1.29 is 4.79 Å². The second-order valence-electron chi connectivity index (χ2n) is 3.58. The van der Waals surface area contributed by atoms with Gasteiger partial charge in [0.15, 0.2) is 0 Å². The fraction of sp³-hybridized carbons (Fsp3) is 0.167. The number of aromatic nitrogens is 2. The quantitative estimate of drug-likeness (QED) is 0.842. The van der Waals surface area contributed by atoms with Gasteiger partial charge in [0.2, 0.25) is 0 Å². The number of nitrogens with one attached hydrogen (secondary N) is 1. The third kappa shape index (κ3) is 2.28. The first kappa shape index (κ1) is 11.2. The van der Waals surface area contributed by atoms with E-state index in [4.69, 9.17) is 5.73 Å². The van der Waals surface area contributed by atoms with E-state index in [9.17, 15) is 4.79 Å². The summed E-state index contributed by atoms with van der Waals surface area (Å²) >= 11 is 0. The Morgan fingerprint density at radius 3 is 2.82 bits per heavy atom. The number of rotatable bonds is 3. The molecule has 0 atom stereocenters. The summed E-state index contributed by atoms with van der Waals surface area (Å²) in [5, 5.41) is 0. The van der Waals surface area contributed by atoms with E-state index in [1.165, 1.54) is 0 Å². The van der Waals surface area contributed by atoms with Crippen LogP contribution in [-0.2, 0) is 0 Å². The minimum Gasteiger partial charge on any atom is -0.397 e. The van der Waals surface area contributed by atoms with Gasteiger partial charge in [0.1, 0.15) is 11.5 Å². The summed E-state index contributed by atoms with van der Waals surface area (Å²) in [6.07, 6.45) is 3.26. The van der Waals surface area contributed by atoms with Crippen molar-refractivity contribution in [3.05, 3.63) is 42.4 Å². The van der Waals surface area contributed by atoms with Crippen molar-refractivity contribution in [2.45, 2.75) is 6.92 Å². The van der Waals surface area contributed by atoms with Gasteiger partial charge >= 0.3 is 0 Å². The largest absolute Gasteiger partial charge is 0.397 e. The van der Waals surface area contributed by atoms with Crippen LogP contribution >= 0.6 is 0 Å². The Bertz CT molecular complexity index is 490. The zero-order valence-electron chi connectivity index (χ0n) is 9.55. The van der Waals surface area contributed by atoms with E-state index >= 15 is 0 Å². The maximum absolute atomic E-state index is 12.1. The lowest BCUT2D eigenvalue weighted by Gasteiger charge is -2.19. The van der Waals surface area contributed by atoms with Crippen LogP contribution in [0.5, 0.6) is 0 Å². The van der Waals surface area contributed by atoms with Gasteiger partial charge in [-0.25, -0.2) is 4.98 Å². The van der Waals surface area contributed by atoms with Crippen molar-refractivity contribution in [3.63, 3.8) is 0 Å². The molecule has 2 aromatic rings. The number of nitrogen functional groups attached to an aromatic ring is 1. The van der Waals surface area contributed by atoms with Gasteiger partial charge < -0.3 is 10.7 Å². The Balaban J connectivity index is 2.28. The van der Waals surface area contributed by atoms with Crippen LogP contribution in [0.3, 0.4) is 0 Å². The van der Waals surface area contributed by atoms with E-state index < -0.39 is 0 Å². The lowest BCUT2D eigenvalue weighted by Crippen LogP contribution is -2.31. The number of H-pyrrole nitrogens is 1. The van der Waals surface area contributed by atoms with E-state index in [1.807, 2.05) is 6.92 Å². The van der Waals surface area contributed by atoms with Crippen LogP contribution in [0.2, 0.25) is 0 Å². The zero-order valence-corrected chi connectivity index (χ0v) is 9.55. The van der Waals surface area contributed by atoms with Crippen molar-refractivity contribution in [2.75, 3.05) is 17.2 Å². The lowest BCUT2D eigenvalue weighted by atomic mass is 10.3. The van der Waals surface area contributed by atoms with Crippen molar-refractivity contribution in [1.82, 2.24) is 9.97 Å². The van der Waals surface area contributed by atoms with E-state index in [0.717, 1.165) is 0 Å². The molecule has 88 valence electrons. The first-order valence-electron chi connectivity index (χ1n) is 5.39. The third-order valence-corrected chi connectivity index (χ3v) is 2.44. The number of pyridine rings is 1. The maximum atomic E-state index is 12.1. The highest BCUT2D eigenvalue weighted by atomic mass is 16.2. The SMILES string of the molecule is CCN(C(=O)c1ccc[nH]1)c1ccc(N)cn1. The molecule has 0 saturated heterocycles. The van der Waals surface area contributed by atoms with Crippen LogP contribution < -0.4 is 10.6 Å². The van der Waals surface area contributed by atoms with Gasteiger partial charge in [0.05, 0.1) is 11.9 Å². The number of carbonyl (C=O) groups excluding carboxylic acids is 1. The molecule has 0 aliphatic carbocycles. The Kier molecular flexibility index (Phi) is 3.09. The molecular weight excluding hydrogens is 216 g/mol. The third-order valence-electron chi connectivity index (χ3n) is 2.44. The molecule has 0 fully saturated rings. The van der Waals surface area contributed by atoms with Crippen molar-refractivity contribution in [1.29, 1.82) is 0 Å². The summed E-state index contributed by atoms with van der Waals surface area (Å²) in [7, 11) is 0. The Hall–Kier alpha value is -2.30. The van der Waals surface area contributed by atoms with E-state index in [0.29, 0.717) is 23.7 Å². The summed E-state index contributed by atoms with van der Waals surface area (Å²) in [5.41, 5.74) is 6.69. The molecule has 1 amide bonds. The van der Waals surface area contributed by atoms with Crippen LogP contribution in [0, 0.1) is 0 Å². The number of aromatic amines is 1. The highest BCUT2D eigenvalue weighted by Gasteiger charge is 2.17. The fourth-order valence-corrected chi connectivity index (χ4v) is 1.58.